The van der Waals surface area contributed by atoms with Crippen molar-refractivity contribution in [1.29, 1.82) is 0 Å². The van der Waals surface area contributed by atoms with Crippen molar-refractivity contribution in [3.8, 4) is 5.82 Å². The molecule has 4 heterocycles. The van der Waals surface area contributed by atoms with Gasteiger partial charge in [-0.05, 0) is 37.1 Å². The highest BCUT2D eigenvalue weighted by Crippen LogP contribution is 2.22. The highest BCUT2D eigenvalue weighted by molar-refractivity contribution is 5.97. The van der Waals surface area contributed by atoms with Gasteiger partial charge < -0.3 is 4.90 Å². The van der Waals surface area contributed by atoms with Gasteiger partial charge in [-0.15, -0.1) is 0 Å². The van der Waals surface area contributed by atoms with Crippen LogP contribution in [0.1, 0.15) is 23.2 Å². The van der Waals surface area contributed by atoms with Gasteiger partial charge >= 0.3 is 0 Å². The Morgan fingerprint density at radius 1 is 1.07 bits per heavy atom. The number of carbonyl (C=O) groups excluding carboxylic acids is 1. The van der Waals surface area contributed by atoms with E-state index < -0.39 is 0 Å². The van der Waals surface area contributed by atoms with Crippen LogP contribution >= 0.6 is 0 Å². The molecule has 1 unspecified atom stereocenters. The van der Waals surface area contributed by atoms with Crippen LogP contribution in [0.3, 0.4) is 0 Å². The van der Waals surface area contributed by atoms with Gasteiger partial charge in [-0.3, -0.25) is 24.1 Å². The van der Waals surface area contributed by atoms with Crippen molar-refractivity contribution >= 4 is 16.9 Å². The number of hydrogen-bond acceptors (Lipinski definition) is 6. The predicted octanol–water partition coefficient (Wildman–Crippen LogP) is 1.68. The van der Waals surface area contributed by atoms with E-state index in [0.717, 1.165) is 18.4 Å². The second-order valence-electron chi connectivity index (χ2n) is 7.24. The van der Waals surface area contributed by atoms with Crippen LogP contribution in [0.2, 0.25) is 0 Å². The number of benzene rings is 1. The Kier molecular flexibility index (Phi) is 4.55. The largest absolute Gasteiger partial charge is 0.334 e. The maximum Gasteiger partial charge on any atom is 0.266 e. The summed E-state index contributed by atoms with van der Waals surface area (Å²) in [5.74, 6) is 0.542. The first kappa shape index (κ1) is 18.2. The molecule has 1 aliphatic rings. The molecular formula is C21H19N7O2. The first-order valence-corrected chi connectivity index (χ1v) is 9.77. The predicted molar refractivity (Wildman–Crippen MR) is 109 cm³/mol. The van der Waals surface area contributed by atoms with E-state index in [2.05, 4.69) is 20.1 Å². The quantitative estimate of drug-likeness (QED) is 0.516. The molecule has 1 amide bonds. The van der Waals surface area contributed by atoms with Gasteiger partial charge in [-0.1, -0.05) is 0 Å². The van der Waals surface area contributed by atoms with E-state index in [0.29, 0.717) is 30.0 Å². The van der Waals surface area contributed by atoms with Gasteiger partial charge in [0.15, 0.2) is 5.82 Å². The summed E-state index contributed by atoms with van der Waals surface area (Å²) in [7, 11) is 0. The summed E-state index contributed by atoms with van der Waals surface area (Å²) in [5.41, 5.74) is 1.81. The van der Waals surface area contributed by atoms with Crippen molar-refractivity contribution in [3.05, 3.63) is 77.4 Å². The number of fused-ring (bicyclic) bond motifs is 1. The molecule has 4 aromatic rings. The Morgan fingerprint density at radius 3 is 2.77 bits per heavy atom. The molecule has 0 radical (unpaired) electrons. The van der Waals surface area contributed by atoms with Gasteiger partial charge in [0.25, 0.3) is 11.5 Å². The van der Waals surface area contributed by atoms with Crippen LogP contribution in [0.15, 0.2) is 66.2 Å². The van der Waals surface area contributed by atoms with Crippen molar-refractivity contribution in [3.63, 3.8) is 0 Å². The van der Waals surface area contributed by atoms with Gasteiger partial charge in [0, 0.05) is 43.0 Å². The van der Waals surface area contributed by atoms with Gasteiger partial charge in [0.05, 0.1) is 23.6 Å². The molecule has 9 nitrogen and oxygen atoms in total. The van der Waals surface area contributed by atoms with E-state index in [9.17, 15) is 9.59 Å². The Hall–Kier alpha value is -3.88. The van der Waals surface area contributed by atoms with Crippen molar-refractivity contribution in [2.45, 2.75) is 25.4 Å². The maximum absolute atomic E-state index is 13.2. The summed E-state index contributed by atoms with van der Waals surface area (Å²) >= 11 is 0. The topological polar surface area (TPSA) is 98.8 Å². The molecule has 1 fully saturated rings. The summed E-state index contributed by atoms with van der Waals surface area (Å²) in [6.07, 6.45) is 10.0. The fourth-order valence-electron chi connectivity index (χ4n) is 3.86. The first-order valence-electron chi connectivity index (χ1n) is 9.77. The van der Waals surface area contributed by atoms with Crippen molar-refractivity contribution in [2.75, 3.05) is 6.54 Å². The van der Waals surface area contributed by atoms with E-state index in [1.54, 1.807) is 59.9 Å². The summed E-state index contributed by atoms with van der Waals surface area (Å²) in [5, 5.41) is 4.46. The zero-order valence-corrected chi connectivity index (χ0v) is 16.1. The van der Waals surface area contributed by atoms with Crippen molar-refractivity contribution in [1.82, 2.24) is 34.2 Å². The molecule has 9 heteroatoms. The van der Waals surface area contributed by atoms with Crippen LogP contribution in [0.4, 0.5) is 0 Å². The van der Waals surface area contributed by atoms with Crippen LogP contribution in [-0.2, 0) is 6.54 Å². The van der Waals surface area contributed by atoms with Gasteiger partial charge in [-0.25, -0.2) is 9.67 Å². The lowest BCUT2D eigenvalue weighted by atomic mass is 10.1. The number of aromatic nitrogens is 6. The van der Waals surface area contributed by atoms with Crippen molar-refractivity contribution < 1.29 is 4.79 Å². The molecular weight excluding hydrogens is 382 g/mol. The molecule has 5 rings (SSSR count). The third-order valence-corrected chi connectivity index (χ3v) is 5.36. The second kappa shape index (κ2) is 7.51. The number of imidazole rings is 1. The maximum atomic E-state index is 13.2. The lowest BCUT2D eigenvalue weighted by Crippen LogP contribution is -2.40. The van der Waals surface area contributed by atoms with Gasteiger partial charge in [0.2, 0.25) is 0 Å². The fourth-order valence-corrected chi connectivity index (χ4v) is 3.86. The molecule has 30 heavy (non-hydrogen) atoms. The number of nitrogens with zero attached hydrogens (tertiary/aromatic N) is 7. The molecule has 1 atom stereocenters. The number of carbonyl (C=O) groups is 1. The summed E-state index contributed by atoms with van der Waals surface area (Å²) in [4.78, 5) is 39.9. The normalized spacial score (nSPS) is 16.3. The van der Waals surface area contributed by atoms with Crippen LogP contribution in [0.5, 0.6) is 0 Å². The van der Waals surface area contributed by atoms with Crippen LogP contribution in [0, 0.1) is 0 Å². The monoisotopic (exact) mass is 401 g/mol. The van der Waals surface area contributed by atoms with Gasteiger partial charge in [-0.2, -0.15) is 5.10 Å². The second-order valence-corrected chi connectivity index (χ2v) is 7.24. The Bertz CT molecular complexity index is 1270. The number of hydrogen-bond donors (Lipinski definition) is 0. The highest BCUT2D eigenvalue weighted by Gasteiger charge is 2.30. The molecule has 0 N–H and O–H groups in total. The molecule has 150 valence electrons. The average Bonchev–Trinajstić information content (AvgIpc) is 3.47. The number of amides is 1. The van der Waals surface area contributed by atoms with E-state index in [1.807, 2.05) is 4.90 Å². The Labute approximate surface area is 171 Å². The Morgan fingerprint density at radius 2 is 1.93 bits per heavy atom. The average molecular weight is 401 g/mol. The molecule has 0 spiro atoms. The highest BCUT2D eigenvalue weighted by atomic mass is 16.2. The zero-order valence-electron chi connectivity index (χ0n) is 16.1. The zero-order chi connectivity index (χ0) is 20.5. The molecule has 0 saturated carbocycles. The third kappa shape index (κ3) is 3.34. The Balaban J connectivity index is 1.40. The molecule has 0 bridgehead atoms. The summed E-state index contributed by atoms with van der Waals surface area (Å²) in [6.45, 7) is 0.998. The van der Waals surface area contributed by atoms with Crippen molar-refractivity contribution in [2.24, 2.45) is 0 Å². The SMILES string of the molecule is O=C(c1ccc2nccnc2c1)N1CCCC1Cn1nc(-n2ccnc2)ccc1=O. The van der Waals surface area contributed by atoms with Crippen LogP contribution < -0.4 is 5.56 Å². The molecule has 1 aliphatic heterocycles. The smallest absolute Gasteiger partial charge is 0.266 e. The minimum atomic E-state index is -0.195. The van der Waals surface area contributed by atoms with E-state index in [4.69, 9.17) is 0 Å². The van der Waals surface area contributed by atoms with Crippen LogP contribution in [-0.4, -0.2) is 52.7 Å². The lowest BCUT2D eigenvalue weighted by Gasteiger charge is -2.25. The standard InChI is InChI=1S/C21H19N7O2/c29-20-6-5-19(26-11-9-22-14-26)25-28(20)13-16-2-1-10-27(16)21(30)15-3-4-17-18(12-15)24-8-7-23-17/h3-9,11-12,14,16H,1-2,10,13H2. The number of rotatable bonds is 4. The fraction of sp³-hybridized carbons (Fsp3) is 0.238. The van der Waals surface area contributed by atoms with E-state index in [-0.39, 0.29) is 17.5 Å². The minimum Gasteiger partial charge on any atom is -0.334 e. The molecule has 1 aromatic carbocycles. The first-order chi connectivity index (χ1) is 14.7. The third-order valence-electron chi connectivity index (χ3n) is 5.36. The number of likely N-dealkylation sites (tertiary alicyclic amines) is 1. The van der Waals surface area contributed by atoms with Gasteiger partial charge in [0.1, 0.15) is 6.33 Å². The summed E-state index contributed by atoms with van der Waals surface area (Å²) in [6, 6.07) is 8.41. The molecule has 3 aromatic heterocycles. The van der Waals surface area contributed by atoms with E-state index >= 15 is 0 Å². The van der Waals surface area contributed by atoms with E-state index in [1.165, 1.54) is 10.7 Å². The lowest BCUT2D eigenvalue weighted by molar-refractivity contribution is 0.0720. The summed E-state index contributed by atoms with van der Waals surface area (Å²) < 4.78 is 3.17. The minimum absolute atomic E-state index is 0.0659. The molecule has 0 aliphatic carbocycles. The molecule has 1 saturated heterocycles. The van der Waals surface area contributed by atoms with Crippen LogP contribution in [0.25, 0.3) is 16.9 Å².